The van der Waals surface area contributed by atoms with Crippen LogP contribution in [-0.4, -0.2) is 18.1 Å². The van der Waals surface area contributed by atoms with Gasteiger partial charge in [-0.25, -0.2) is 0 Å². The molecule has 100 valence electrons. The molecule has 19 heavy (non-hydrogen) atoms. The second kappa shape index (κ2) is 5.41. The first-order valence-corrected chi connectivity index (χ1v) is 7.72. The van der Waals surface area contributed by atoms with Crippen molar-refractivity contribution in [3.05, 3.63) is 35.4 Å². The third kappa shape index (κ3) is 2.44. The van der Waals surface area contributed by atoms with Crippen LogP contribution in [0, 0.1) is 0 Å². The molecule has 0 heterocycles. The molecule has 1 aromatic rings. The molecule has 1 unspecified atom stereocenters. The average Bonchev–Trinajstić information content (AvgIpc) is 2.77. The molecule has 0 radical (unpaired) electrons. The summed E-state index contributed by atoms with van der Waals surface area (Å²) >= 11 is 1.79. The van der Waals surface area contributed by atoms with Crippen LogP contribution >= 0.6 is 11.8 Å². The van der Waals surface area contributed by atoms with Gasteiger partial charge in [0.05, 0.1) is 7.11 Å². The number of para-hydroxylation sites is 1. The van der Waals surface area contributed by atoms with Crippen LogP contribution in [0.1, 0.15) is 32.1 Å². The first-order chi connectivity index (χ1) is 9.29. The van der Waals surface area contributed by atoms with Gasteiger partial charge in [0.2, 0.25) is 0 Å². The summed E-state index contributed by atoms with van der Waals surface area (Å²) in [6.45, 7) is 0. The van der Waals surface area contributed by atoms with Crippen molar-refractivity contribution in [3.63, 3.8) is 0 Å². The Labute approximate surface area is 118 Å². The lowest BCUT2D eigenvalue weighted by Gasteiger charge is -2.19. The zero-order valence-electron chi connectivity index (χ0n) is 11.1. The number of thioether (sulfide) groups is 1. The minimum absolute atomic E-state index is 0.332. The van der Waals surface area contributed by atoms with E-state index in [4.69, 9.17) is 4.74 Å². The molecule has 2 aliphatic rings. The van der Waals surface area contributed by atoms with Gasteiger partial charge in [0, 0.05) is 16.6 Å². The maximum atomic E-state index is 12.1. The lowest BCUT2D eigenvalue weighted by Crippen LogP contribution is -2.05. The van der Waals surface area contributed by atoms with Crippen LogP contribution in [0.2, 0.25) is 0 Å². The summed E-state index contributed by atoms with van der Waals surface area (Å²) in [5.41, 5.74) is 2.55. The Hall–Kier alpha value is -1.22. The van der Waals surface area contributed by atoms with Crippen molar-refractivity contribution in [1.82, 2.24) is 0 Å². The van der Waals surface area contributed by atoms with E-state index in [0.29, 0.717) is 17.5 Å². The van der Waals surface area contributed by atoms with Gasteiger partial charge in [-0.15, -0.1) is 11.8 Å². The molecule has 0 saturated heterocycles. The summed E-state index contributed by atoms with van der Waals surface area (Å²) in [4.78, 5) is 13.2. The smallest absolute Gasteiger partial charge is 0.160 e. The second-order valence-electron chi connectivity index (χ2n) is 5.10. The Morgan fingerprint density at radius 3 is 2.84 bits per heavy atom. The molecule has 0 aromatic heterocycles. The first kappa shape index (κ1) is 12.8. The van der Waals surface area contributed by atoms with Gasteiger partial charge in [-0.05, 0) is 49.0 Å². The molecule has 0 bridgehead atoms. The molecule has 3 heteroatoms. The van der Waals surface area contributed by atoms with Crippen LogP contribution in [0.25, 0.3) is 0 Å². The third-order valence-corrected chi connectivity index (χ3v) is 5.27. The monoisotopic (exact) mass is 274 g/mol. The lowest BCUT2D eigenvalue weighted by atomic mass is 9.94. The summed E-state index contributed by atoms with van der Waals surface area (Å²) in [7, 11) is 1.70. The van der Waals surface area contributed by atoms with E-state index < -0.39 is 0 Å². The van der Waals surface area contributed by atoms with Gasteiger partial charge in [-0.2, -0.15) is 0 Å². The SMILES string of the molecule is COc1ccccc1SC1CC(=O)C2=C1CCCC2. The van der Waals surface area contributed by atoms with Crippen molar-refractivity contribution in [2.45, 2.75) is 42.2 Å². The van der Waals surface area contributed by atoms with Crippen molar-refractivity contribution in [1.29, 1.82) is 0 Å². The topological polar surface area (TPSA) is 26.3 Å². The first-order valence-electron chi connectivity index (χ1n) is 6.84. The molecule has 0 fully saturated rings. The molecule has 2 aliphatic carbocycles. The highest BCUT2D eigenvalue weighted by atomic mass is 32.2. The number of methoxy groups -OCH3 is 1. The Bertz CT molecular complexity index is 533. The number of benzene rings is 1. The van der Waals surface area contributed by atoms with Gasteiger partial charge < -0.3 is 4.74 Å². The van der Waals surface area contributed by atoms with Crippen LogP contribution in [0.4, 0.5) is 0 Å². The quantitative estimate of drug-likeness (QED) is 0.833. The third-order valence-electron chi connectivity index (χ3n) is 3.94. The lowest BCUT2D eigenvalue weighted by molar-refractivity contribution is -0.115. The van der Waals surface area contributed by atoms with E-state index in [2.05, 4.69) is 6.07 Å². The molecule has 0 spiro atoms. The fraction of sp³-hybridized carbons (Fsp3) is 0.438. The summed E-state index contributed by atoms with van der Waals surface area (Å²) in [6.07, 6.45) is 5.18. The van der Waals surface area contributed by atoms with Crippen molar-refractivity contribution < 1.29 is 9.53 Å². The number of hydrogen-bond donors (Lipinski definition) is 0. The number of ether oxygens (including phenoxy) is 1. The molecular weight excluding hydrogens is 256 g/mol. The van der Waals surface area contributed by atoms with Gasteiger partial charge in [-0.3, -0.25) is 4.79 Å². The zero-order chi connectivity index (χ0) is 13.2. The number of allylic oxidation sites excluding steroid dienone is 1. The van der Waals surface area contributed by atoms with Gasteiger partial charge >= 0.3 is 0 Å². The van der Waals surface area contributed by atoms with E-state index >= 15 is 0 Å². The fourth-order valence-electron chi connectivity index (χ4n) is 3.00. The van der Waals surface area contributed by atoms with E-state index in [-0.39, 0.29) is 0 Å². The van der Waals surface area contributed by atoms with Gasteiger partial charge in [-0.1, -0.05) is 12.1 Å². The van der Waals surface area contributed by atoms with Crippen molar-refractivity contribution in [3.8, 4) is 5.75 Å². The van der Waals surface area contributed by atoms with Crippen molar-refractivity contribution >= 4 is 17.5 Å². The largest absolute Gasteiger partial charge is 0.496 e. The highest BCUT2D eigenvalue weighted by Gasteiger charge is 2.34. The Morgan fingerprint density at radius 2 is 2.00 bits per heavy atom. The molecule has 3 rings (SSSR count). The maximum Gasteiger partial charge on any atom is 0.160 e. The number of hydrogen-bond acceptors (Lipinski definition) is 3. The predicted octanol–water partition coefficient (Wildman–Crippen LogP) is 4.00. The maximum absolute atomic E-state index is 12.1. The summed E-state index contributed by atoms with van der Waals surface area (Å²) in [6, 6.07) is 8.07. The summed E-state index contributed by atoms with van der Waals surface area (Å²) < 4.78 is 5.40. The molecule has 2 nitrogen and oxygen atoms in total. The van der Waals surface area contributed by atoms with Crippen LogP contribution in [0.5, 0.6) is 5.75 Å². The van der Waals surface area contributed by atoms with Crippen LogP contribution in [-0.2, 0) is 4.79 Å². The standard InChI is InChI=1S/C16H18O2S/c1-18-14-8-4-5-9-15(14)19-16-10-13(17)11-6-2-3-7-12(11)16/h4-5,8-9,16H,2-3,6-7,10H2,1H3. The highest BCUT2D eigenvalue weighted by molar-refractivity contribution is 8.00. The fourth-order valence-corrected chi connectivity index (χ4v) is 4.37. The van der Waals surface area contributed by atoms with Gasteiger partial charge in [0.1, 0.15) is 5.75 Å². The molecular formula is C16H18O2S. The highest BCUT2D eigenvalue weighted by Crippen LogP contribution is 2.45. The van der Waals surface area contributed by atoms with E-state index in [1.807, 2.05) is 18.2 Å². The zero-order valence-corrected chi connectivity index (χ0v) is 12.0. The minimum atomic E-state index is 0.332. The molecule has 0 aliphatic heterocycles. The van der Waals surface area contributed by atoms with Gasteiger partial charge in [0.15, 0.2) is 5.78 Å². The number of carbonyl (C=O) groups excluding carboxylic acids is 1. The molecule has 0 amide bonds. The number of Topliss-reactive ketones (excluding diaryl/α,β-unsaturated/α-hetero) is 1. The summed E-state index contributed by atoms with van der Waals surface area (Å²) in [5.74, 6) is 1.28. The van der Waals surface area contributed by atoms with Crippen molar-refractivity contribution in [2.75, 3.05) is 7.11 Å². The van der Waals surface area contributed by atoms with E-state index in [1.54, 1.807) is 18.9 Å². The Balaban J connectivity index is 1.84. The normalized spacial score (nSPS) is 22.6. The minimum Gasteiger partial charge on any atom is -0.496 e. The van der Waals surface area contributed by atoms with E-state index in [9.17, 15) is 4.79 Å². The van der Waals surface area contributed by atoms with Crippen LogP contribution < -0.4 is 4.74 Å². The average molecular weight is 274 g/mol. The number of carbonyl (C=O) groups is 1. The van der Waals surface area contributed by atoms with Gasteiger partial charge in [0.25, 0.3) is 0 Å². The molecule has 1 aromatic carbocycles. The molecule has 0 saturated carbocycles. The van der Waals surface area contributed by atoms with E-state index in [0.717, 1.165) is 29.1 Å². The number of ketones is 1. The predicted molar refractivity (Wildman–Crippen MR) is 77.8 cm³/mol. The van der Waals surface area contributed by atoms with Crippen LogP contribution in [0.15, 0.2) is 40.3 Å². The Morgan fingerprint density at radius 1 is 1.21 bits per heavy atom. The number of rotatable bonds is 3. The summed E-state index contributed by atoms with van der Waals surface area (Å²) in [5, 5.41) is 0.332. The second-order valence-corrected chi connectivity index (χ2v) is 6.34. The molecule has 0 N–H and O–H groups in total. The van der Waals surface area contributed by atoms with Crippen LogP contribution in [0.3, 0.4) is 0 Å². The van der Waals surface area contributed by atoms with E-state index in [1.165, 1.54) is 18.4 Å². The Kier molecular flexibility index (Phi) is 3.65. The van der Waals surface area contributed by atoms with Crippen molar-refractivity contribution in [2.24, 2.45) is 0 Å². The molecule has 1 atom stereocenters.